The van der Waals surface area contributed by atoms with Crippen molar-refractivity contribution in [1.82, 2.24) is 0 Å². The highest BCUT2D eigenvalue weighted by Gasteiger charge is 2.28. The summed E-state index contributed by atoms with van der Waals surface area (Å²) in [7, 11) is 0. The van der Waals surface area contributed by atoms with Gasteiger partial charge in [-0.2, -0.15) is 0 Å². The minimum atomic E-state index is -1.15. The number of benzene rings is 6. The predicted octanol–water partition coefficient (Wildman–Crippen LogP) is 10.1. The highest BCUT2D eigenvalue weighted by Crippen LogP contribution is 2.37. The summed E-state index contributed by atoms with van der Waals surface area (Å²) in [6, 6.07) is 48.2. The second kappa shape index (κ2) is 19.1. The second-order valence-corrected chi connectivity index (χ2v) is 18.4. The van der Waals surface area contributed by atoms with Crippen LogP contribution in [0.5, 0.6) is 28.7 Å². The average molecular weight is 865 g/mol. The number of epoxide rings is 2. The van der Waals surface area contributed by atoms with Crippen molar-refractivity contribution in [3.63, 3.8) is 0 Å². The van der Waals surface area contributed by atoms with Gasteiger partial charge < -0.3 is 43.4 Å². The lowest BCUT2D eigenvalue weighted by Crippen LogP contribution is -2.24. The molecule has 0 aromatic heterocycles. The van der Waals surface area contributed by atoms with E-state index in [0.717, 1.165) is 58.1 Å². The van der Waals surface area contributed by atoms with Gasteiger partial charge in [0.15, 0.2) is 6.61 Å². The van der Waals surface area contributed by atoms with Gasteiger partial charge in [0, 0.05) is 16.2 Å². The van der Waals surface area contributed by atoms with E-state index in [-0.39, 0.29) is 41.7 Å². The fraction of sp³-hybridized carbons (Fsp3) is 0.345. The molecule has 2 saturated heterocycles. The molecule has 2 N–H and O–H groups in total. The maximum Gasteiger partial charge on any atom is 0.231 e. The highest BCUT2D eigenvalue weighted by molar-refractivity contribution is 5.44. The van der Waals surface area contributed by atoms with Gasteiger partial charge in [-0.3, -0.25) is 0 Å². The molecule has 4 atom stereocenters. The first-order valence-electron chi connectivity index (χ1n) is 22.1. The van der Waals surface area contributed by atoms with Gasteiger partial charge in [0.25, 0.3) is 0 Å². The quantitative estimate of drug-likeness (QED) is 0.0540. The Hall–Kier alpha value is -5.84. The van der Waals surface area contributed by atoms with Crippen molar-refractivity contribution in [3.8, 4) is 28.7 Å². The molecule has 4 unspecified atom stereocenters. The average Bonchev–Trinajstić information content (AvgIpc) is 4.27. The number of aliphatic hydroxyl groups is 2. The summed E-state index contributed by atoms with van der Waals surface area (Å²) in [6.45, 7) is 15.9. The molecule has 0 aliphatic carbocycles. The fourth-order valence-electron chi connectivity index (χ4n) is 7.78. The van der Waals surface area contributed by atoms with E-state index in [2.05, 4.69) is 90.1 Å². The van der Waals surface area contributed by atoms with Crippen LogP contribution >= 0.6 is 0 Å². The monoisotopic (exact) mass is 864 g/mol. The predicted molar refractivity (Wildman–Crippen MR) is 248 cm³/mol. The third-order valence-electron chi connectivity index (χ3n) is 12.6. The van der Waals surface area contributed by atoms with E-state index in [0.29, 0.717) is 30.5 Å². The lowest BCUT2D eigenvalue weighted by atomic mass is 9.78. The lowest BCUT2D eigenvalue weighted by Gasteiger charge is -2.27. The van der Waals surface area contributed by atoms with Gasteiger partial charge in [-0.15, -0.1) is 0 Å². The number of rotatable bonds is 21. The smallest absolute Gasteiger partial charge is 0.231 e. The largest absolute Gasteiger partial charge is 0.491 e. The molecule has 2 aliphatic rings. The van der Waals surface area contributed by atoms with E-state index in [4.69, 9.17) is 33.2 Å². The molecule has 0 spiro atoms. The molecule has 334 valence electrons. The van der Waals surface area contributed by atoms with E-state index in [1.165, 1.54) is 5.56 Å². The van der Waals surface area contributed by atoms with Gasteiger partial charge in [-0.05, 0) is 99.6 Å². The first-order chi connectivity index (χ1) is 30.7. The van der Waals surface area contributed by atoms with Gasteiger partial charge in [0.1, 0.15) is 66.9 Å². The van der Waals surface area contributed by atoms with E-state index in [9.17, 15) is 10.2 Å². The third-order valence-corrected chi connectivity index (χ3v) is 12.6. The van der Waals surface area contributed by atoms with Crippen molar-refractivity contribution >= 4 is 0 Å². The zero-order valence-electron chi connectivity index (χ0n) is 37.7. The SMILES string of the molecule is CC(C)(c1ccc(OCC2CO2)cc1)c1ccc(OCC(O)c2ccc(C(C)(C)c3ccc(OCC(O)Oc4ccc(C(C)(C)c5ccc(OCC6CO6)cc5)cc4)cc3)cc2)cc1. The summed E-state index contributed by atoms with van der Waals surface area (Å²) in [5.74, 6) is 3.57. The Morgan fingerprint density at radius 3 is 1.03 bits per heavy atom. The minimum Gasteiger partial charge on any atom is -0.491 e. The van der Waals surface area contributed by atoms with Crippen LogP contribution < -0.4 is 23.7 Å². The maximum absolute atomic E-state index is 11.0. The number of ether oxygens (including phenoxy) is 7. The van der Waals surface area contributed by atoms with E-state index < -0.39 is 12.4 Å². The zero-order valence-corrected chi connectivity index (χ0v) is 37.7. The molecule has 9 heteroatoms. The molecule has 0 amide bonds. The van der Waals surface area contributed by atoms with Crippen LogP contribution in [0.25, 0.3) is 0 Å². The summed E-state index contributed by atoms with van der Waals surface area (Å²) in [5, 5.41) is 21.7. The van der Waals surface area contributed by atoms with Crippen LogP contribution in [0.3, 0.4) is 0 Å². The zero-order chi connectivity index (χ0) is 44.9. The lowest BCUT2D eigenvalue weighted by molar-refractivity contribution is -0.0478. The normalized spacial score (nSPS) is 16.9. The Labute approximate surface area is 377 Å². The first kappa shape index (κ1) is 44.8. The molecule has 2 aliphatic heterocycles. The minimum absolute atomic E-state index is 0.0306. The van der Waals surface area contributed by atoms with Crippen LogP contribution in [0.4, 0.5) is 0 Å². The molecule has 2 fully saturated rings. The summed E-state index contributed by atoms with van der Waals surface area (Å²) in [5.41, 5.74) is 6.84. The van der Waals surface area contributed by atoms with Gasteiger partial charge in [-0.1, -0.05) is 126 Å². The Morgan fingerprint density at radius 1 is 0.422 bits per heavy atom. The molecular formula is C55H60O9. The van der Waals surface area contributed by atoms with Crippen LogP contribution in [-0.4, -0.2) is 68.4 Å². The van der Waals surface area contributed by atoms with Crippen molar-refractivity contribution in [2.75, 3.05) is 39.6 Å². The number of hydrogen-bond acceptors (Lipinski definition) is 9. The second-order valence-electron chi connectivity index (χ2n) is 18.4. The number of aliphatic hydroxyl groups excluding tert-OH is 2. The van der Waals surface area contributed by atoms with E-state index >= 15 is 0 Å². The number of hydrogen-bond donors (Lipinski definition) is 2. The molecule has 6 aromatic rings. The standard InChI is InChI=1S/C55H60O9/c1-53(2,38-9-7-37(8-10-38)51(56)35-62-46-25-15-42(16-26-46)54(3,4)40-11-21-44(22-12-40)58-31-49-33-60-49)39-17-27-47(28-18-39)63-36-52(57)64-48-29-19-43(20-30-48)55(5,6)41-13-23-45(24-14-41)59-32-50-34-61-50/h7-30,49-52,56-57H,31-36H2,1-6H3. The third kappa shape index (κ3) is 11.1. The van der Waals surface area contributed by atoms with Crippen molar-refractivity contribution in [3.05, 3.63) is 185 Å². The maximum atomic E-state index is 11.0. The molecular weight excluding hydrogens is 805 g/mol. The summed E-state index contributed by atoms with van der Waals surface area (Å²) in [6.07, 6.45) is -1.48. The molecule has 0 saturated carbocycles. The van der Waals surface area contributed by atoms with E-state index in [1.807, 2.05) is 97.1 Å². The molecule has 2 heterocycles. The van der Waals surface area contributed by atoms with Crippen LogP contribution in [0.1, 0.15) is 86.6 Å². The van der Waals surface area contributed by atoms with Crippen molar-refractivity contribution < 1.29 is 43.4 Å². The van der Waals surface area contributed by atoms with Crippen LogP contribution in [0.2, 0.25) is 0 Å². The van der Waals surface area contributed by atoms with Gasteiger partial charge in [0.2, 0.25) is 6.29 Å². The molecule has 9 nitrogen and oxygen atoms in total. The Kier molecular flexibility index (Phi) is 13.4. The fourth-order valence-corrected chi connectivity index (χ4v) is 7.78. The van der Waals surface area contributed by atoms with Crippen molar-refractivity contribution in [1.29, 1.82) is 0 Å². The summed E-state index contributed by atoms with van der Waals surface area (Å²) >= 11 is 0. The van der Waals surface area contributed by atoms with E-state index in [1.54, 1.807) is 0 Å². The van der Waals surface area contributed by atoms with Gasteiger partial charge in [0.05, 0.1) is 13.2 Å². The van der Waals surface area contributed by atoms with Crippen molar-refractivity contribution in [2.24, 2.45) is 0 Å². The Bertz CT molecular complexity index is 2400. The van der Waals surface area contributed by atoms with Crippen molar-refractivity contribution in [2.45, 2.75) is 82.4 Å². The molecule has 6 aromatic carbocycles. The van der Waals surface area contributed by atoms with Gasteiger partial charge >= 0.3 is 0 Å². The molecule has 0 radical (unpaired) electrons. The highest BCUT2D eigenvalue weighted by atomic mass is 16.6. The summed E-state index contributed by atoms with van der Waals surface area (Å²) < 4.78 is 39.8. The van der Waals surface area contributed by atoms with Crippen LogP contribution in [0, 0.1) is 0 Å². The molecule has 64 heavy (non-hydrogen) atoms. The Morgan fingerprint density at radius 2 is 0.703 bits per heavy atom. The van der Waals surface area contributed by atoms with Crippen LogP contribution in [0.15, 0.2) is 146 Å². The molecule has 8 rings (SSSR count). The Balaban J connectivity index is 0.781. The molecule has 0 bridgehead atoms. The first-order valence-corrected chi connectivity index (χ1v) is 22.1. The summed E-state index contributed by atoms with van der Waals surface area (Å²) in [4.78, 5) is 0. The van der Waals surface area contributed by atoms with Crippen LogP contribution in [-0.2, 0) is 25.7 Å². The topological polar surface area (TPSA) is 112 Å². The van der Waals surface area contributed by atoms with Gasteiger partial charge in [-0.25, -0.2) is 0 Å².